The van der Waals surface area contributed by atoms with E-state index >= 15 is 0 Å². The number of carboxylic acids is 1. The molecular weight excluding hydrogens is 268 g/mol. The molecule has 0 aromatic rings. The van der Waals surface area contributed by atoms with Crippen LogP contribution in [0.1, 0.15) is 39.0 Å². The Balaban J connectivity index is 2.39. The summed E-state index contributed by atoms with van der Waals surface area (Å²) in [6.45, 7) is 2.63. The SMILES string of the molecule is CC1CCCC(CNS(=O)(=O)N(C)CCC(=O)O)C1. The first-order valence-corrected chi connectivity index (χ1v) is 8.18. The minimum absolute atomic E-state index is 0.00820. The summed E-state index contributed by atoms with van der Waals surface area (Å²) in [6, 6.07) is 0. The Bertz CT molecular complexity index is 397. The number of carboxylic acid groups (broad SMARTS) is 1. The van der Waals surface area contributed by atoms with E-state index in [2.05, 4.69) is 11.6 Å². The molecule has 0 aliphatic heterocycles. The van der Waals surface area contributed by atoms with Crippen molar-refractivity contribution in [2.24, 2.45) is 11.8 Å². The van der Waals surface area contributed by atoms with Crippen molar-refractivity contribution in [2.75, 3.05) is 20.1 Å². The Morgan fingerprint density at radius 2 is 2.11 bits per heavy atom. The molecule has 0 aromatic carbocycles. The van der Waals surface area contributed by atoms with Gasteiger partial charge in [0.25, 0.3) is 10.2 Å². The number of carbonyl (C=O) groups is 1. The van der Waals surface area contributed by atoms with Crippen molar-refractivity contribution in [3.63, 3.8) is 0 Å². The third-order valence-electron chi connectivity index (χ3n) is 3.65. The van der Waals surface area contributed by atoms with Gasteiger partial charge in [-0.1, -0.05) is 19.8 Å². The van der Waals surface area contributed by atoms with Crippen molar-refractivity contribution in [2.45, 2.75) is 39.0 Å². The van der Waals surface area contributed by atoms with Crippen LogP contribution in [0.25, 0.3) is 0 Å². The fraction of sp³-hybridized carbons (Fsp3) is 0.917. The van der Waals surface area contributed by atoms with Gasteiger partial charge in [0.2, 0.25) is 0 Å². The van der Waals surface area contributed by atoms with E-state index in [9.17, 15) is 13.2 Å². The summed E-state index contributed by atoms with van der Waals surface area (Å²) >= 11 is 0. The highest BCUT2D eigenvalue weighted by atomic mass is 32.2. The van der Waals surface area contributed by atoms with Gasteiger partial charge in [-0.25, -0.2) is 4.72 Å². The molecule has 6 nitrogen and oxygen atoms in total. The molecule has 0 heterocycles. The van der Waals surface area contributed by atoms with Crippen LogP contribution in [-0.2, 0) is 15.0 Å². The van der Waals surface area contributed by atoms with Crippen LogP contribution in [0.5, 0.6) is 0 Å². The Morgan fingerprint density at radius 1 is 1.42 bits per heavy atom. The molecule has 0 saturated heterocycles. The van der Waals surface area contributed by atoms with E-state index in [4.69, 9.17) is 5.11 Å². The standard InChI is InChI=1S/C12H24N2O4S/c1-10-4-3-5-11(8-10)9-13-19(17,18)14(2)7-6-12(15)16/h10-11,13H,3-9H2,1-2H3,(H,15,16). The number of hydrogen-bond donors (Lipinski definition) is 2. The molecule has 7 heteroatoms. The van der Waals surface area contributed by atoms with Gasteiger partial charge in [0.15, 0.2) is 0 Å². The van der Waals surface area contributed by atoms with Crippen LogP contribution in [0, 0.1) is 11.8 Å². The molecule has 19 heavy (non-hydrogen) atoms. The van der Waals surface area contributed by atoms with Crippen LogP contribution in [-0.4, -0.2) is 43.9 Å². The van der Waals surface area contributed by atoms with E-state index in [1.807, 2.05) is 0 Å². The number of nitrogens with zero attached hydrogens (tertiary/aromatic N) is 1. The second-order valence-electron chi connectivity index (χ2n) is 5.46. The lowest BCUT2D eigenvalue weighted by molar-refractivity contribution is -0.137. The summed E-state index contributed by atoms with van der Waals surface area (Å²) in [5.74, 6) is 0.0579. The quantitative estimate of drug-likeness (QED) is 0.734. The molecule has 0 aromatic heterocycles. The summed E-state index contributed by atoms with van der Waals surface area (Å²) in [6.07, 6.45) is 4.31. The first-order valence-electron chi connectivity index (χ1n) is 6.74. The summed E-state index contributed by atoms with van der Waals surface area (Å²) in [4.78, 5) is 10.4. The van der Waals surface area contributed by atoms with Crippen LogP contribution in [0.3, 0.4) is 0 Å². The van der Waals surface area contributed by atoms with E-state index in [1.165, 1.54) is 13.5 Å². The Kier molecular flexibility index (Phi) is 6.22. The molecule has 1 rings (SSSR count). The second kappa shape index (κ2) is 7.21. The lowest BCUT2D eigenvalue weighted by Gasteiger charge is -2.27. The zero-order valence-electron chi connectivity index (χ0n) is 11.6. The largest absolute Gasteiger partial charge is 0.481 e. The van der Waals surface area contributed by atoms with Gasteiger partial charge in [0.1, 0.15) is 0 Å². The Hall–Kier alpha value is -0.660. The molecule has 0 amide bonds. The number of nitrogens with one attached hydrogen (secondary N) is 1. The first-order chi connectivity index (χ1) is 8.81. The van der Waals surface area contributed by atoms with E-state index < -0.39 is 16.2 Å². The number of aliphatic carboxylic acids is 1. The summed E-state index contributed by atoms with van der Waals surface area (Å²) < 4.78 is 27.4. The van der Waals surface area contributed by atoms with Crippen molar-refractivity contribution < 1.29 is 18.3 Å². The Morgan fingerprint density at radius 3 is 2.68 bits per heavy atom. The maximum Gasteiger partial charge on any atom is 0.304 e. The fourth-order valence-electron chi connectivity index (χ4n) is 2.45. The van der Waals surface area contributed by atoms with Crippen LogP contribution in [0.2, 0.25) is 0 Å². The van der Waals surface area contributed by atoms with Crippen LogP contribution in [0.4, 0.5) is 0 Å². The smallest absolute Gasteiger partial charge is 0.304 e. The second-order valence-corrected chi connectivity index (χ2v) is 7.32. The topological polar surface area (TPSA) is 86.7 Å². The van der Waals surface area contributed by atoms with Gasteiger partial charge in [-0.05, 0) is 24.7 Å². The van der Waals surface area contributed by atoms with E-state index in [0.29, 0.717) is 18.4 Å². The first kappa shape index (κ1) is 16.4. The normalized spacial score (nSPS) is 24.6. The maximum atomic E-state index is 11.9. The van der Waals surface area contributed by atoms with Gasteiger partial charge in [-0.3, -0.25) is 4.79 Å². The van der Waals surface area contributed by atoms with Crippen molar-refractivity contribution in [1.82, 2.24) is 9.03 Å². The zero-order valence-corrected chi connectivity index (χ0v) is 12.4. The lowest BCUT2D eigenvalue weighted by atomic mass is 9.83. The average Bonchev–Trinajstić information content (AvgIpc) is 2.33. The van der Waals surface area contributed by atoms with Gasteiger partial charge in [0, 0.05) is 20.1 Å². The summed E-state index contributed by atoms with van der Waals surface area (Å²) in [5.41, 5.74) is 0. The monoisotopic (exact) mass is 292 g/mol. The molecule has 0 bridgehead atoms. The molecular formula is C12H24N2O4S. The van der Waals surface area contributed by atoms with Gasteiger partial charge in [-0.15, -0.1) is 0 Å². The molecule has 2 N–H and O–H groups in total. The van der Waals surface area contributed by atoms with Gasteiger partial charge in [-0.2, -0.15) is 12.7 Å². The molecule has 2 unspecified atom stereocenters. The molecule has 1 saturated carbocycles. The van der Waals surface area contributed by atoms with Crippen LogP contribution < -0.4 is 4.72 Å². The predicted molar refractivity (Wildman–Crippen MR) is 72.9 cm³/mol. The van der Waals surface area contributed by atoms with Gasteiger partial charge < -0.3 is 5.11 Å². The van der Waals surface area contributed by atoms with Crippen molar-refractivity contribution in [1.29, 1.82) is 0 Å². The lowest BCUT2D eigenvalue weighted by Crippen LogP contribution is -2.41. The molecule has 1 aliphatic carbocycles. The van der Waals surface area contributed by atoms with E-state index in [-0.39, 0.29) is 13.0 Å². The number of rotatable bonds is 7. The molecule has 0 spiro atoms. The highest BCUT2D eigenvalue weighted by Crippen LogP contribution is 2.28. The van der Waals surface area contributed by atoms with Crippen molar-refractivity contribution in [3.8, 4) is 0 Å². The van der Waals surface area contributed by atoms with Gasteiger partial charge >= 0.3 is 5.97 Å². The maximum absolute atomic E-state index is 11.9. The van der Waals surface area contributed by atoms with E-state index in [0.717, 1.165) is 23.6 Å². The number of hydrogen-bond acceptors (Lipinski definition) is 3. The molecule has 2 atom stereocenters. The molecule has 112 valence electrons. The summed E-state index contributed by atoms with van der Waals surface area (Å²) in [5, 5.41) is 8.55. The van der Waals surface area contributed by atoms with Crippen LogP contribution in [0.15, 0.2) is 0 Å². The third-order valence-corrected chi connectivity index (χ3v) is 5.18. The van der Waals surface area contributed by atoms with E-state index in [1.54, 1.807) is 0 Å². The fourth-order valence-corrected chi connectivity index (χ4v) is 3.45. The highest BCUT2D eigenvalue weighted by molar-refractivity contribution is 7.87. The van der Waals surface area contributed by atoms with Gasteiger partial charge in [0.05, 0.1) is 6.42 Å². The van der Waals surface area contributed by atoms with Crippen molar-refractivity contribution >= 4 is 16.2 Å². The predicted octanol–water partition coefficient (Wildman–Crippen LogP) is 1.05. The molecule has 1 fully saturated rings. The van der Waals surface area contributed by atoms with Crippen LogP contribution >= 0.6 is 0 Å². The third kappa shape index (κ3) is 5.88. The van der Waals surface area contributed by atoms with Crippen molar-refractivity contribution in [3.05, 3.63) is 0 Å². The molecule has 0 radical (unpaired) electrons. The highest BCUT2D eigenvalue weighted by Gasteiger charge is 2.23. The molecule has 1 aliphatic rings. The zero-order chi connectivity index (χ0) is 14.5. The Labute approximate surface area is 115 Å². The minimum Gasteiger partial charge on any atom is -0.481 e. The average molecular weight is 292 g/mol. The summed E-state index contributed by atoms with van der Waals surface area (Å²) in [7, 11) is -2.16. The minimum atomic E-state index is -3.55.